The minimum absolute atomic E-state index is 0.219. The number of likely N-dealkylation sites (tertiary alicyclic amines) is 1. The van der Waals surface area contributed by atoms with Gasteiger partial charge in [0.2, 0.25) is 0 Å². The van der Waals surface area contributed by atoms with Crippen LogP contribution in [0, 0.1) is 23.1 Å². The van der Waals surface area contributed by atoms with Crippen LogP contribution in [-0.2, 0) is 6.54 Å². The van der Waals surface area contributed by atoms with E-state index in [0.29, 0.717) is 12.1 Å². The third-order valence-electron chi connectivity index (χ3n) is 3.80. The van der Waals surface area contributed by atoms with Crippen LogP contribution < -0.4 is 0 Å². The van der Waals surface area contributed by atoms with Gasteiger partial charge in [-0.25, -0.2) is 4.39 Å². The molecule has 0 aliphatic carbocycles. The lowest BCUT2D eigenvalue weighted by Gasteiger charge is -2.35. The van der Waals surface area contributed by atoms with Crippen molar-refractivity contribution < 1.29 is 9.50 Å². The van der Waals surface area contributed by atoms with Gasteiger partial charge < -0.3 is 5.11 Å². The number of nitrogens with zero attached hydrogens (tertiary/aromatic N) is 2. The molecule has 0 aromatic heterocycles. The van der Waals surface area contributed by atoms with Gasteiger partial charge in [-0.3, -0.25) is 4.90 Å². The van der Waals surface area contributed by atoms with Gasteiger partial charge in [-0.15, -0.1) is 0 Å². The Labute approximate surface area is 113 Å². The second-order valence-electron chi connectivity index (χ2n) is 5.22. The quantitative estimate of drug-likeness (QED) is 0.909. The summed E-state index contributed by atoms with van der Waals surface area (Å²) in [5.74, 6) is -0.0733. The summed E-state index contributed by atoms with van der Waals surface area (Å²) in [7, 11) is 0. The van der Waals surface area contributed by atoms with Crippen molar-refractivity contribution in [3.8, 4) is 6.07 Å². The number of rotatable bonds is 3. The van der Waals surface area contributed by atoms with Crippen LogP contribution in [-0.4, -0.2) is 29.2 Å². The summed E-state index contributed by atoms with van der Waals surface area (Å²) in [5.41, 5.74) is 1.18. The zero-order chi connectivity index (χ0) is 13.8. The van der Waals surface area contributed by atoms with Crippen molar-refractivity contribution in [2.75, 3.05) is 13.1 Å². The Bertz CT molecular complexity index is 484. The summed E-state index contributed by atoms with van der Waals surface area (Å²) in [6.07, 6.45) is 1.49. The Morgan fingerprint density at radius 3 is 2.95 bits per heavy atom. The maximum absolute atomic E-state index is 13.4. The van der Waals surface area contributed by atoms with Crippen LogP contribution in [0.3, 0.4) is 0 Å². The highest BCUT2D eigenvalue weighted by Crippen LogP contribution is 2.22. The van der Waals surface area contributed by atoms with E-state index in [4.69, 9.17) is 5.26 Å². The first-order valence-electron chi connectivity index (χ1n) is 6.72. The van der Waals surface area contributed by atoms with Crippen LogP contribution in [0.2, 0.25) is 0 Å². The third kappa shape index (κ3) is 3.52. The standard InChI is InChI=1S/C15H19FN2O/c1-2-13-10-18(4-3-15(13)19)9-12-5-11(8-17)6-14(16)7-12/h5-7,13,15,19H,2-4,9-10H2,1H3. The predicted molar refractivity (Wildman–Crippen MR) is 70.8 cm³/mol. The molecule has 2 atom stereocenters. The molecule has 2 unspecified atom stereocenters. The Morgan fingerprint density at radius 1 is 1.47 bits per heavy atom. The maximum Gasteiger partial charge on any atom is 0.124 e. The summed E-state index contributed by atoms with van der Waals surface area (Å²) in [5, 5.41) is 18.7. The first kappa shape index (κ1) is 14.0. The molecule has 1 N–H and O–H groups in total. The molecule has 1 saturated heterocycles. The van der Waals surface area contributed by atoms with E-state index in [-0.39, 0.29) is 17.8 Å². The average Bonchev–Trinajstić information content (AvgIpc) is 2.40. The molecule has 1 aromatic carbocycles. The van der Waals surface area contributed by atoms with E-state index in [1.165, 1.54) is 12.1 Å². The van der Waals surface area contributed by atoms with Gasteiger partial charge in [0.15, 0.2) is 0 Å². The second kappa shape index (κ2) is 6.14. The van der Waals surface area contributed by atoms with Crippen LogP contribution in [0.4, 0.5) is 4.39 Å². The highest BCUT2D eigenvalue weighted by molar-refractivity contribution is 5.33. The van der Waals surface area contributed by atoms with Crippen molar-refractivity contribution in [3.63, 3.8) is 0 Å². The average molecular weight is 262 g/mol. The molecular formula is C15H19FN2O. The molecule has 0 saturated carbocycles. The summed E-state index contributed by atoms with van der Waals surface area (Å²) in [6, 6.07) is 6.43. The number of aliphatic hydroxyl groups is 1. The van der Waals surface area contributed by atoms with Gasteiger partial charge in [0.1, 0.15) is 5.82 Å². The van der Waals surface area contributed by atoms with Crippen molar-refractivity contribution in [2.24, 2.45) is 5.92 Å². The molecular weight excluding hydrogens is 243 g/mol. The molecule has 4 heteroatoms. The van der Waals surface area contributed by atoms with Crippen molar-refractivity contribution in [1.82, 2.24) is 4.90 Å². The number of hydrogen-bond acceptors (Lipinski definition) is 3. The molecule has 19 heavy (non-hydrogen) atoms. The summed E-state index contributed by atoms with van der Waals surface area (Å²) in [4.78, 5) is 2.22. The Kier molecular flexibility index (Phi) is 4.52. The lowest BCUT2D eigenvalue weighted by Crippen LogP contribution is -2.42. The van der Waals surface area contributed by atoms with Gasteiger partial charge in [-0.1, -0.05) is 6.92 Å². The lowest BCUT2D eigenvalue weighted by atomic mass is 9.92. The normalized spacial score (nSPS) is 24.1. The molecule has 1 aliphatic rings. The van der Waals surface area contributed by atoms with Gasteiger partial charge in [0, 0.05) is 19.6 Å². The molecule has 102 valence electrons. The fourth-order valence-electron chi connectivity index (χ4n) is 2.70. The molecule has 0 bridgehead atoms. The highest BCUT2D eigenvalue weighted by Gasteiger charge is 2.26. The van der Waals surface area contributed by atoms with Crippen molar-refractivity contribution >= 4 is 0 Å². The van der Waals surface area contributed by atoms with E-state index < -0.39 is 0 Å². The van der Waals surface area contributed by atoms with Gasteiger partial charge in [0.05, 0.1) is 17.7 Å². The Morgan fingerprint density at radius 2 is 2.26 bits per heavy atom. The van der Waals surface area contributed by atoms with Crippen LogP contribution in [0.15, 0.2) is 18.2 Å². The smallest absolute Gasteiger partial charge is 0.124 e. The predicted octanol–water partition coefficient (Wildman–Crippen LogP) is 2.29. The van der Waals surface area contributed by atoms with E-state index in [1.807, 2.05) is 6.07 Å². The Hall–Kier alpha value is -1.44. The minimum Gasteiger partial charge on any atom is -0.393 e. The van der Waals surface area contributed by atoms with E-state index in [9.17, 15) is 9.50 Å². The molecule has 3 nitrogen and oxygen atoms in total. The number of aliphatic hydroxyl groups excluding tert-OH is 1. The SMILES string of the molecule is CCC1CN(Cc2cc(F)cc(C#N)c2)CCC1O. The first-order valence-corrected chi connectivity index (χ1v) is 6.72. The largest absolute Gasteiger partial charge is 0.393 e. The molecule has 1 aromatic rings. The van der Waals surface area contributed by atoms with Crippen LogP contribution >= 0.6 is 0 Å². The van der Waals surface area contributed by atoms with Crippen molar-refractivity contribution in [2.45, 2.75) is 32.4 Å². The van der Waals surface area contributed by atoms with Gasteiger partial charge in [-0.05, 0) is 42.5 Å². The van der Waals surface area contributed by atoms with E-state index in [1.54, 1.807) is 6.07 Å². The number of halogens is 1. The maximum atomic E-state index is 13.4. The van der Waals surface area contributed by atoms with Crippen molar-refractivity contribution in [1.29, 1.82) is 5.26 Å². The zero-order valence-corrected chi connectivity index (χ0v) is 11.1. The molecule has 1 aliphatic heterocycles. The van der Waals surface area contributed by atoms with Crippen LogP contribution in [0.1, 0.15) is 30.9 Å². The molecule has 2 rings (SSSR count). The summed E-state index contributed by atoms with van der Waals surface area (Å²) in [6.45, 7) is 4.36. The highest BCUT2D eigenvalue weighted by atomic mass is 19.1. The second-order valence-corrected chi connectivity index (χ2v) is 5.22. The summed E-state index contributed by atoms with van der Waals surface area (Å²) < 4.78 is 13.4. The Balaban J connectivity index is 2.05. The van der Waals surface area contributed by atoms with Crippen LogP contribution in [0.25, 0.3) is 0 Å². The van der Waals surface area contributed by atoms with Gasteiger partial charge >= 0.3 is 0 Å². The molecule has 0 amide bonds. The van der Waals surface area contributed by atoms with Gasteiger partial charge in [0.25, 0.3) is 0 Å². The number of piperidine rings is 1. The lowest BCUT2D eigenvalue weighted by molar-refractivity contribution is 0.0221. The number of benzene rings is 1. The number of hydrogen-bond donors (Lipinski definition) is 1. The molecule has 1 fully saturated rings. The fourth-order valence-corrected chi connectivity index (χ4v) is 2.70. The molecule has 1 heterocycles. The topological polar surface area (TPSA) is 47.3 Å². The monoisotopic (exact) mass is 262 g/mol. The summed E-state index contributed by atoms with van der Waals surface area (Å²) >= 11 is 0. The van der Waals surface area contributed by atoms with Gasteiger partial charge in [-0.2, -0.15) is 5.26 Å². The number of nitriles is 1. The minimum atomic E-state index is -0.363. The van der Waals surface area contributed by atoms with E-state index in [2.05, 4.69) is 11.8 Å². The van der Waals surface area contributed by atoms with Crippen LogP contribution in [0.5, 0.6) is 0 Å². The zero-order valence-electron chi connectivity index (χ0n) is 11.1. The van der Waals surface area contributed by atoms with E-state index >= 15 is 0 Å². The fraction of sp³-hybridized carbons (Fsp3) is 0.533. The molecule has 0 radical (unpaired) electrons. The first-order chi connectivity index (χ1) is 9.12. The van der Waals surface area contributed by atoms with Crippen molar-refractivity contribution in [3.05, 3.63) is 35.1 Å². The molecule has 0 spiro atoms. The van der Waals surface area contributed by atoms with E-state index in [0.717, 1.165) is 31.5 Å². The third-order valence-corrected chi connectivity index (χ3v) is 3.80.